The van der Waals surface area contributed by atoms with Gasteiger partial charge in [0.05, 0.1) is 13.2 Å². The molecule has 1 heterocycles. The molecule has 0 saturated carbocycles. The van der Waals surface area contributed by atoms with Crippen LogP contribution < -0.4 is 5.32 Å². The molecule has 0 aromatic rings. The Morgan fingerprint density at radius 2 is 2.08 bits per heavy atom. The minimum Gasteiger partial charge on any atom is -0.384 e. The lowest BCUT2D eigenvalue weighted by Gasteiger charge is -2.24. The van der Waals surface area contributed by atoms with Crippen molar-refractivity contribution in [2.75, 3.05) is 46.4 Å². The third-order valence-electron chi connectivity index (χ3n) is 2.07. The SMILES string of the molecule is COCCC#CCN1CCNCC1. The van der Waals surface area contributed by atoms with Crippen LogP contribution in [-0.2, 0) is 4.74 Å². The average Bonchev–Trinajstić information content (AvgIpc) is 2.19. The summed E-state index contributed by atoms with van der Waals surface area (Å²) in [4.78, 5) is 2.37. The minimum atomic E-state index is 0.745. The van der Waals surface area contributed by atoms with Crippen molar-refractivity contribution < 1.29 is 4.74 Å². The zero-order valence-corrected chi connectivity index (χ0v) is 8.31. The zero-order valence-electron chi connectivity index (χ0n) is 8.31. The highest BCUT2D eigenvalue weighted by Crippen LogP contribution is 1.89. The van der Waals surface area contributed by atoms with Crippen LogP contribution in [0.2, 0.25) is 0 Å². The molecule has 0 spiro atoms. The lowest BCUT2D eigenvalue weighted by Crippen LogP contribution is -2.43. The maximum atomic E-state index is 4.91. The van der Waals surface area contributed by atoms with Crippen LogP contribution in [0.1, 0.15) is 6.42 Å². The van der Waals surface area contributed by atoms with E-state index in [-0.39, 0.29) is 0 Å². The van der Waals surface area contributed by atoms with E-state index in [4.69, 9.17) is 4.74 Å². The molecule has 1 aliphatic heterocycles. The largest absolute Gasteiger partial charge is 0.384 e. The normalized spacial score (nSPS) is 17.9. The van der Waals surface area contributed by atoms with Gasteiger partial charge >= 0.3 is 0 Å². The first kappa shape index (κ1) is 10.5. The van der Waals surface area contributed by atoms with Crippen LogP contribution in [0.3, 0.4) is 0 Å². The quantitative estimate of drug-likeness (QED) is 0.488. The third-order valence-corrected chi connectivity index (χ3v) is 2.07. The molecule has 0 bridgehead atoms. The van der Waals surface area contributed by atoms with Crippen LogP contribution in [0.15, 0.2) is 0 Å². The second kappa shape index (κ2) is 6.90. The first-order chi connectivity index (χ1) is 6.43. The van der Waals surface area contributed by atoms with Crippen molar-refractivity contribution in [2.24, 2.45) is 0 Å². The van der Waals surface area contributed by atoms with Crippen LogP contribution in [0.4, 0.5) is 0 Å². The monoisotopic (exact) mass is 182 g/mol. The van der Waals surface area contributed by atoms with Gasteiger partial charge in [-0.3, -0.25) is 4.90 Å². The van der Waals surface area contributed by atoms with E-state index in [1.807, 2.05) is 0 Å². The highest BCUT2D eigenvalue weighted by Gasteiger charge is 2.06. The molecule has 0 aliphatic carbocycles. The lowest BCUT2D eigenvalue weighted by atomic mass is 10.3. The smallest absolute Gasteiger partial charge is 0.0602 e. The van der Waals surface area contributed by atoms with Crippen molar-refractivity contribution in [1.29, 1.82) is 0 Å². The van der Waals surface area contributed by atoms with Gasteiger partial charge in [0.2, 0.25) is 0 Å². The van der Waals surface area contributed by atoms with Gasteiger partial charge in [-0.2, -0.15) is 0 Å². The second-order valence-corrected chi connectivity index (χ2v) is 3.12. The predicted molar refractivity (Wildman–Crippen MR) is 53.6 cm³/mol. The maximum Gasteiger partial charge on any atom is 0.0602 e. The fraction of sp³-hybridized carbons (Fsp3) is 0.800. The van der Waals surface area contributed by atoms with E-state index in [1.54, 1.807) is 7.11 Å². The van der Waals surface area contributed by atoms with Crippen molar-refractivity contribution in [2.45, 2.75) is 6.42 Å². The fourth-order valence-electron chi connectivity index (χ4n) is 1.28. The first-order valence-electron chi connectivity index (χ1n) is 4.81. The Morgan fingerprint density at radius 1 is 1.31 bits per heavy atom. The Balaban J connectivity index is 2.04. The molecule has 74 valence electrons. The first-order valence-corrected chi connectivity index (χ1v) is 4.81. The van der Waals surface area contributed by atoms with E-state index in [0.717, 1.165) is 45.8 Å². The summed E-state index contributed by atoms with van der Waals surface area (Å²) in [6.07, 6.45) is 0.850. The highest BCUT2D eigenvalue weighted by molar-refractivity contribution is 5.01. The van der Waals surface area contributed by atoms with Gasteiger partial charge in [0.1, 0.15) is 0 Å². The molecule has 13 heavy (non-hydrogen) atoms. The molecule has 1 aliphatic rings. The molecule has 0 radical (unpaired) electrons. The van der Waals surface area contributed by atoms with Crippen LogP contribution >= 0.6 is 0 Å². The summed E-state index contributed by atoms with van der Waals surface area (Å²) in [7, 11) is 1.71. The minimum absolute atomic E-state index is 0.745. The summed E-state index contributed by atoms with van der Waals surface area (Å²) >= 11 is 0. The van der Waals surface area contributed by atoms with Crippen LogP contribution in [0.5, 0.6) is 0 Å². The molecule has 3 heteroatoms. The molecular formula is C10H18N2O. The summed E-state index contributed by atoms with van der Waals surface area (Å²) in [5.74, 6) is 6.25. The number of piperazine rings is 1. The van der Waals surface area contributed by atoms with Crippen molar-refractivity contribution in [3.63, 3.8) is 0 Å². The van der Waals surface area contributed by atoms with Gasteiger partial charge in [0, 0.05) is 39.7 Å². The summed E-state index contributed by atoms with van der Waals surface area (Å²) in [5, 5.41) is 3.32. The third kappa shape index (κ3) is 4.89. The number of hydrogen-bond acceptors (Lipinski definition) is 3. The van der Waals surface area contributed by atoms with Gasteiger partial charge in [-0.15, -0.1) is 0 Å². The fourth-order valence-corrected chi connectivity index (χ4v) is 1.28. The van der Waals surface area contributed by atoms with Gasteiger partial charge in [-0.05, 0) is 0 Å². The summed E-state index contributed by atoms with van der Waals surface area (Å²) in [6, 6.07) is 0. The van der Waals surface area contributed by atoms with E-state index in [1.165, 1.54) is 0 Å². The molecule has 0 amide bonds. The van der Waals surface area contributed by atoms with Gasteiger partial charge in [0.15, 0.2) is 0 Å². The number of hydrogen-bond donors (Lipinski definition) is 1. The molecule has 3 nitrogen and oxygen atoms in total. The predicted octanol–water partition coefficient (Wildman–Crippen LogP) is -0.0685. The van der Waals surface area contributed by atoms with E-state index < -0.39 is 0 Å². The Labute approximate surface area is 80.4 Å². The van der Waals surface area contributed by atoms with Gasteiger partial charge in [-0.1, -0.05) is 11.8 Å². The van der Waals surface area contributed by atoms with E-state index in [9.17, 15) is 0 Å². The molecular weight excluding hydrogens is 164 g/mol. The molecule has 0 atom stereocenters. The topological polar surface area (TPSA) is 24.5 Å². The Morgan fingerprint density at radius 3 is 2.77 bits per heavy atom. The van der Waals surface area contributed by atoms with Crippen LogP contribution in [-0.4, -0.2) is 51.3 Å². The molecule has 1 rings (SSSR count). The van der Waals surface area contributed by atoms with Crippen molar-refractivity contribution in [3.8, 4) is 11.8 Å². The second-order valence-electron chi connectivity index (χ2n) is 3.12. The average molecular weight is 182 g/mol. The highest BCUT2D eigenvalue weighted by atomic mass is 16.5. The van der Waals surface area contributed by atoms with Crippen molar-refractivity contribution in [3.05, 3.63) is 0 Å². The van der Waals surface area contributed by atoms with Gasteiger partial charge < -0.3 is 10.1 Å². The maximum absolute atomic E-state index is 4.91. The van der Waals surface area contributed by atoms with Gasteiger partial charge in [0.25, 0.3) is 0 Å². The van der Waals surface area contributed by atoms with E-state index >= 15 is 0 Å². The molecule has 0 aromatic carbocycles. The number of nitrogens with zero attached hydrogens (tertiary/aromatic N) is 1. The van der Waals surface area contributed by atoms with E-state index in [2.05, 4.69) is 22.1 Å². The lowest BCUT2D eigenvalue weighted by molar-refractivity contribution is 0.206. The summed E-state index contributed by atoms with van der Waals surface area (Å²) in [5.41, 5.74) is 0. The zero-order chi connectivity index (χ0) is 9.36. The van der Waals surface area contributed by atoms with Crippen molar-refractivity contribution >= 4 is 0 Å². The standard InChI is InChI=1S/C10H18N2O/c1-13-10-4-2-3-7-12-8-5-11-6-9-12/h11H,4-10H2,1H3. The van der Waals surface area contributed by atoms with Crippen LogP contribution in [0, 0.1) is 11.8 Å². The molecule has 1 N–H and O–H groups in total. The van der Waals surface area contributed by atoms with E-state index in [0.29, 0.717) is 0 Å². The molecule has 0 aromatic heterocycles. The number of methoxy groups -OCH3 is 1. The number of rotatable bonds is 3. The van der Waals surface area contributed by atoms with Crippen molar-refractivity contribution in [1.82, 2.24) is 10.2 Å². The summed E-state index contributed by atoms with van der Waals surface area (Å²) < 4.78 is 4.91. The Kier molecular flexibility index (Phi) is 5.59. The summed E-state index contributed by atoms with van der Waals surface area (Å²) in [6.45, 7) is 6.09. The molecule has 0 unspecified atom stereocenters. The molecule has 1 saturated heterocycles. The van der Waals surface area contributed by atoms with Crippen LogP contribution in [0.25, 0.3) is 0 Å². The molecule has 1 fully saturated rings. The van der Waals surface area contributed by atoms with Gasteiger partial charge in [-0.25, -0.2) is 0 Å². The Bertz CT molecular complexity index is 177. The number of ether oxygens (including phenoxy) is 1. The Hall–Kier alpha value is -0.560. The number of nitrogens with one attached hydrogen (secondary N) is 1.